The van der Waals surface area contributed by atoms with Gasteiger partial charge in [0.15, 0.2) is 11.5 Å². The van der Waals surface area contributed by atoms with Crippen molar-refractivity contribution in [3.05, 3.63) is 74.3 Å². The molecule has 0 aliphatic heterocycles. The second-order valence-corrected chi connectivity index (χ2v) is 9.07. The van der Waals surface area contributed by atoms with Crippen LogP contribution in [-0.4, -0.2) is 36.7 Å². The van der Waals surface area contributed by atoms with Crippen LogP contribution in [0.5, 0.6) is 0 Å². The van der Waals surface area contributed by atoms with Crippen molar-refractivity contribution in [3.63, 3.8) is 0 Å². The molecule has 0 aliphatic rings. The summed E-state index contributed by atoms with van der Waals surface area (Å²) in [6, 6.07) is 2.40. The van der Waals surface area contributed by atoms with E-state index in [1.54, 1.807) is 13.1 Å². The molecule has 0 unspecified atom stereocenters. The number of rotatable bonds is 6. The number of thiazole rings is 1. The molecule has 1 atom stereocenters. The normalized spacial score (nSPS) is 12.3. The van der Waals surface area contributed by atoms with E-state index in [4.69, 9.17) is 23.2 Å². The van der Waals surface area contributed by atoms with Crippen LogP contribution in [-0.2, 0) is 6.18 Å². The maximum Gasteiger partial charge on any atom is 0.417 e. The van der Waals surface area contributed by atoms with Gasteiger partial charge in [-0.15, -0.1) is 11.3 Å². The maximum atomic E-state index is 13.1. The lowest BCUT2D eigenvalue weighted by Gasteiger charge is -2.12. The number of hydrogen-bond donors (Lipinski definition) is 3. The smallest absolute Gasteiger partial charge is 0.343 e. The maximum absolute atomic E-state index is 13.1. The van der Waals surface area contributed by atoms with Crippen LogP contribution < -0.4 is 10.6 Å². The van der Waals surface area contributed by atoms with E-state index in [1.165, 1.54) is 24.8 Å². The fraction of sp³-hybridized carbons (Fsp3) is 0.143. The van der Waals surface area contributed by atoms with Crippen LogP contribution in [0.25, 0.3) is 11.5 Å². The number of halogens is 5. The minimum atomic E-state index is -4.67. The Morgan fingerprint density at radius 3 is 2.58 bits per heavy atom. The third-order valence-electron chi connectivity index (χ3n) is 4.72. The molecule has 9 nitrogen and oxygen atoms in total. The summed E-state index contributed by atoms with van der Waals surface area (Å²) < 4.78 is 39.2. The number of alkyl halides is 3. The first-order valence-corrected chi connectivity index (χ1v) is 11.6. The Hall–Kier alpha value is -3.55. The van der Waals surface area contributed by atoms with E-state index < -0.39 is 34.6 Å². The number of carbonyl (C=O) groups excluding carboxylic acids is 2. The van der Waals surface area contributed by atoms with E-state index >= 15 is 0 Å². The zero-order chi connectivity index (χ0) is 26.0. The Labute approximate surface area is 215 Å². The summed E-state index contributed by atoms with van der Waals surface area (Å²) in [6.45, 7) is 1.63. The summed E-state index contributed by atoms with van der Waals surface area (Å²) in [5.74, 6) is -0.914. The summed E-state index contributed by atoms with van der Waals surface area (Å²) in [5.41, 5.74) is -0.984. The molecule has 2 amide bonds. The van der Waals surface area contributed by atoms with E-state index in [2.05, 4.69) is 35.6 Å². The lowest BCUT2D eigenvalue weighted by atomic mass is 10.2. The molecule has 0 bridgehead atoms. The van der Waals surface area contributed by atoms with Crippen molar-refractivity contribution in [3.8, 4) is 11.5 Å². The Morgan fingerprint density at radius 1 is 1.11 bits per heavy atom. The Kier molecular flexibility index (Phi) is 7.24. The van der Waals surface area contributed by atoms with E-state index in [0.717, 1.165) is 23.5 Å². The average Bonchev–Trinajstić information content (AvgIpc) is 3.52. The number of benzene rings is 1. The van der Waals surface area contributed by atoms with Crippen LogP contribution in [0, 0.1) is 0 Å². The molecule has 4 rings (SSSR count). The number of nitrogens with zero attached hydrogens (tertiary/aromatic N) is 4. The molecule has 4 aromatic rings. The lowest BCUT2D eigenvalue weighted by Crippen LogP contribution is -2.28. The van der Waals surface area contributed by atoms with Crippen molar-refractivity contribution in [2.24, 2.45) is 0 Å². The predicted octanol–water partition coefficient (Wildman–Crippen LogP) is 5.39. The minimum Gasteiger partial charge on any atom is -0.343 e. The summed E-state index contributed by atoms with van der Waals surface area (Å²) in [4.78, 5) is 44.5. The summed E-state index contributed by atoms with van der Waals surface area (Å²) in [7, 11) is 0. The number of H-pyrrole nitrogens is 1. The highest BCUT2D eigenvalue weighted by atomic mass is 35.5. The molecule has 1 aromatic carbocycles. The Morgan fingerprint density at radius 2 is 1.89 bits per heavy atom. The molecule has 0 fully saturated rings. The van der Waals surface area contributed by atoms with Crippen molar-refractivity contribution < 1.29 is 22.8 Å². The van der Waals surface area contributed by atoms with Gasteiger partial charge in [0.05, 0.1) is 22.8 Å². The van der Waals surface area contributed by atoms with Gasteiger partial charge in [-0.2, -0.15) is 13.2 Å². The molecule has 0 spiro atoms. The van der Waals surface area contributed by atoms with Gasteiger partial charge in [0.25, 0.3) is 11.8 Å². The van der Waals surface area contributed by atoms with E-state index in [1.807, 2.05) is 0 Å². The second kappa shape index (κ2) is 10.2. The molecular weight excluding hydrogens is 542 g/mol. The van der Waals surface area contributed by atoms with Gasteiger partial charge >= 0.3 is 6.18 Å². The molecule has 15 heteroatoms. The van der Waals surface area contributed by atoms with Gasteiger partial charge in [-0.25, -0.2) is 19.9 Å². The van der Waals surface area contributed by atoms with Gasteiger partial charge in [-0.05, 0) is 25.1 Å². The van der Waals surface area contributed by atoms with Crippen molar-refractivity contribution in [2.45, 2.75) is 19.1 Å². The Bertz CT molecular complexity index is 1430. The largest absolute Gasteiger partial charge is 0.417 e. The Balaban J connectivity index is 1.45. The van der Waals surface area contributed by atoms with E-state index in [0.29, 0.717) is 10.8 Å². The molecule has 3 aromatic heterocycles. The van der Waals surface area contributed by atoms with Gasteiger partial charge < -0.3 is 15.6 Å². The lowest BCUT2D eigenvalue weighted by molar-refractivity contribution is -0.137. The number of imidazole rings is 1. The molecule has 0 radical (unpaired) electrons. The number of nitrogens with one attached hydrogen (secondary N) is 3. The number of aromatic amines is 1. The fourth-order valence-electron chi connectivity index (χ4n) is 3.02. The zero-order valence-corrected chi connectivity index (χ0v) is 20.4. The van der Waals surface area contributed by atoms with Gasteiger partial charge in [0.1, 0.15) is 26.9 Å². The van der Waals surface area contributed by atoms with Gasteiger partial charge in [-0.1, -0.05) is 23.2 Å². The number of hydrogen-bond acceptors (Lipinski definition) is 7. The SMILES string of the molecule is C[C@H](NC(=O)c1ncnc(-c2ncc[nH]2)c1Cl)c1ncc(C(=O)Nc2ccc(Cl)c(C(F)(F)F)c2)s1. The molecule has 36 heavy (non-hydrogen) atoms. The summed E-state index contributed by atoms with van der Waals surface area (Å²) in [6.07, 6.45) is 0.845. The third-order valence-corrected chi connectivity index (χ3v) is 6.59. The average molecular weight is 556 g/mol. The number of aromatic nitrogens is 5. The van der Waals surface area contributed by atoms with Crippen LogP contribution >= 0.6 is 34.5 Å². The highest BCUT2D eigenvalue weighted by Crippen LogP contribution is 2.36. The fourth-order valence-corrected chi connectivity index (χ4v) is 4.33. The first kappa shape index (κ1) is 25.5. The number of anilines is 1. The molecular formula is C21H14Cl2F3N7O2S. The van der Waals surface area contributed by atoms with Crippen LogP contribution in [0.2, 0.25) is 10.0 Å². The van der Waals surface area contributed by atoms with Gasteiger partial charge in [-0.3, -0.25) is 9.59 Å². The number of amides is 2. The molecule has 0 saturated carbocycles. The van der Waals surface area contributed by atoms with Gasteiger partial charge in [0, 0.05) is 18.1 Å². The van der Waals surface area contributed by atoms with Crippen LogP contribution in [0.4, 0.5) is 18.9 Å². The third kappa shape index (κ3) is 5.48. The topological polar surface area (TPSA) is 126 Å². The molecule has 0 saturated heterocycles. The van der Waals surface area contributed by atoms with Crippen molar-refractivity contribution in [1.82, 2.24) is 30.2 Å². The standard InChI is InChI=1S/C21H14Cl2F3N7O2S/c1-9(32-19(35)16-14(23)15(30-8-31-16)17-27-4-5-28-17)20-29-7-13(36-20)18(34)33-10-2-3-12(22)11(6-10)21(24,25)26/h2-9H,1H3,(H,27,28)(H,32,35)(H,33,34)/t9-/m0/s1. The molecule has 3 N–H and O–H groups in total. The minimum absolute atomic E-state index is 0.00227. The quantitative estimate of drug-likeness (QED) is 0.293. The van der Waals surface area contributed by atoms with Crippen LogP contribution in [0.15, 0.2) is 43.1 Å². The predicted molar refractivity (Wildman–Crippen MR) is 127 cm³/mol. The van der Waals surface area contributed by atoms with Crippen molar-refractivity contribution in [1.29, 1.82) is 0 Å². The van der Waals surface area contributed by atoms with Crippen molar-refractivity contribution >= 4 is 52.0 Å². The highest BCUT2D eigenvalue weighted by Gasteiger charge is 2.33. The molecule has 186 valence electrons. The van der Waals surface area contributed by atoms with E-state index in [9.17, 15) is 22.8 Å². The zero-order valence-electron chi connectivity index (χ0n) is 18.0. The molecule has 3 heterocycles. The van der Waals surface area contributed by atoms with Gasteiger partial charge in [0.2, 0.25) is 0 Å². The monoisotopic (exact) mass is 555 g/mol. The van der Waals surface area contributed by atoms with Crippen LogP contribution in [0.3, 0.4) is 0 Å². The van der Waals surface area contributed by atoms with E-state index in [-0.39, 0.29) is 27.0 Å². The highest BCUT2D eigenvalue weighted by molar-refractivity contribution is 7.13. The summed E-state index contributed by atoms with van der Waals surface area (Å²) >= 11 is 12.9. The first-order valence-electron chi connectivity index (χ1n) is 9.99. The second-order valence-electron chi connectivity index (χ2n) is 7.23. The summed E-state index contributed by atoms with van der Waals surface area (Å²) in [5, 5.41) is 4.97. The first-order chi connectivity index (χ1) is 17.0. The number of carbonyl (C=O) groups is 2. The molecule has 0 aliphatic carbocycles. The van der Waals surface area contributed by atoms with Crippen LogP contribution in [0.1, 0.15) is 43.7 Å². The van der Waals surface area contributed by atoms with Crippen molar-refractivity contribution in [2.75, 3.05) is 5.32 Å².